The molecule has 0 aromatic carbocycles. The molecule has 3 heteroatoms. The van der Waals surface area contributed by atoms with Crippen molar-refractivity contribution < 1.29 is 14.7 Å². The van der Waals surface area contributed by atoms with Crippen LogP contribution in [0, 0.1) is 31.6 Å². The van der Waals surface area contributed by atoms with Crippen molar-refractivity contribution in [1.29, 1.82) is 0 Å². The molecule has 1 aliphatic carbocycles. The van der Waals surface area contributed by atoms with Gasteiger partial charge < -0.3 is 5.11 Å². The maximum atomic E-state index is 11.8. The number of rotatable bonds is 15. The van der Waals surface area contributed by atoms with Crippen LogP contribution in [-0.2, 0) is 9.59 Å². The van der Waals surface area contributed by atoms with Gasteiger partial charge in [-0.3, -0.25) is 9.59 Å². The fourth-order valence-corrected chi connectivity index (χ4v) is 2.86. The lowest BCUT2D eigenvalue weighted by molar-refractivity contribution is -0.137. The molecule has 0 aromatic rings. The van der Waals surface area contributed by atoms with Gasteiger partial charge in [0.2, 0.25) is 0 Å². The van der Waals surface area contributed by atoms with Crippen molar-refractivity contribution in [2.45, 2.75) is 83.5 Å². The molecule has 1 fully saturated rings. The Balaban J connectivity index is 1.74. The lowest BCUT2D eigenvalue weighted by Crippen LogP contribution is -2.08. The molecule has 0 heterocycles. The summed E-state index contributed by atoms with van der Waals surface area (Å²) >= 11 is 0. The van der Waals surface area contributed by atoms with E-state index in [0.717, 1.165) is 38.0 Å². The summed E-state index contributed by atoms with van der Waals surface area (Å²) in [5.41, 5.74) is 0. The SMILES string of the molecule is O=C(O)CCCCCCCCCCCCCC(=O)[C]1[CH][CH][CH][CH]1. The Morgan fingerprint density at radius 2 is 1.04 bits per heavy atom. The van der Waals surface area contributed by atoms with E-state index in [-0.39, 0.29) is 5.78 Å². The summed E-state index contributed by atoms with van der Waals surface area (Å²) in [7, 11) is 0. The zero-order valence-corrected chi connectivity index (χ0v) is 14.3. The van der Waals surface area contributed by atoms with Gasteiger partial charge in [-0.15, -0.1) is 0 Å². The van der Waals surface area contributed by atoms with E-state index in [9.17, 15) is 9.59 Å². The molecule has 23 heavy (non-hydrogen) atoms. The van der Waals surface area contributed by atoms with Gasteiger partial charge in [0.1, 0.15) is 5.78 Å². The molecule has 0 aliphatic heterocycles. The lowest BCUT2D eigenvalue weighted by Gasteiger charge is -2.06. The molecule has 0 bridgehead atoms. The summed E-state index contributed by atoms with van der Waals surface area (Å²) in [5.74, 6) is 0.452. The highest BCUT2D eigenvalue weighted by atomic mass is 16.4. The first kappa shape index (κ1) is 20.2. The van der Waals surface area contributed by atoms with Crippen molar-refractivity contribution in [3.8, 4) is 0 Å². The zero-order valence-electron chi connectivity index (χ0n) is 14.3. The van der Waals surface area contributed by atoms with E-state index < -0.39 is 5.97 Å². The minimum Gasteiger partial charge on any atom is -0.481 e. The minimum absolute atomic E-state index is 0.276. The van der Waals surface area contributed by atoms with Crippen molar-refractivity contribution in [1.82, 2.24) is 0 Å². The molecule has 1 aliphatic rings. The van der Waals surface area contributed by atoms with Crippen molar-refractivity contribution >= 4 is 11.8 Å². The Hall–Kier alpha value is -0.860. The van der Waals surface area contributed by atoms with Crippen molar-refractivity contribution in [3.63, 3.8) is 0 Å². The van der Waals surface area contributed by atoms with Gasteiger partial charge in [0.05, 0.1) is 0 Å². The Labute approximate surface area is 142 Å². The highest BCUT2D eigenvalue weighted by Crippen LogP contribution is 2.25. The molecular formula is C20H31O3. The molecule has 0 spiro atoms. The Morgan fingerprint density at radius 3 is 1.48 bits per heavy atom. The molecule has 0 atom stereocenters. The molecule has 0 saturated heterocycles. The molecule has 0 aromatic heterocycles. The van der Waals surface area contributed by atoms with Gasteiger partial charge in [0.25, 0.3) is 0 Å². The predicted molar refractivity (Wildman–Crippen MR) is 93.1 cm³/mol. The molecular weight excluding hydrogens is 288 g/mol. The first-order valence-electron chi connectivity index (χ1n) is 9.17. The number of carbonyl (C=O) groups is 2. The molecule has 1 saturated carbocycles. The Bertz CT molecular complexity index is 319. The molecule has 5 radical (unpaired) electrons. The molecule has 0 amide bonds. The summed E-state index contributed by atoms with van der Waals surface area (Å²) in [6.45, 7) is 0. The highest BCUT2D eigenvalue weighted by molar-refractivity contribution is 5.97. The van der Waals surface area contributed by atoms with Crippen LogP contribution in [-0.4, -0.2) is 16.9 Å². The molecule has 0 unspecified atom stereocenters. The summed E-state index contributed by atoms with van der Waals surface area (Å²) in [5, 5.41) is 8.53. The van der Waals surface area contributed by atoms with Crippen LogP contribution in [0.15, 0.2) is 0 Å². The largest absolute Gasteiger partial charge is 0.481 e. The normalized spacial score (nSPS) is 15.1. The number of hydrogen-bond donors (Lipinski definition) is 1. The van der Waals surface area contributed by atoms with Gasteiger partial charge in [0.15, 0.2) is 0 Å². The number of ketones is 1. The number of carboxylic acids is 1. The maximum absolute atomic E-state index is 11.8. The second-order valence-electron chi connectivity index (χ2n) is 6.38. The van der Waals surface area contributed by atoms with Crippen LogP contribution >= 0.6 is 0 Å². The smallest absolute Gasteiger partial charge is 0.303 e. The lowest BCUT2D eigenvalue weighted by atomic mass is 9.97. The van der Waals surface area contributed by atoms with Crippen molar-refractivity contribution in [2.24, 2.45) is 0 Å². The quantitative estimate of drug-likeness (QED) is 0.426. The van der Waals surface area contributed by atoms with E-state index in [1.807, 2.05) is 25.7 Å². The number of Topliss-reactive ketones (excluding diaryl/α,β-unsaturated/α-hetero) is 1. The van der Waals surface area contributed by atoms with Gasteiger partial charge in [-0.1, -0.05) is 57.8 Å². The molecule has 1 rings (SSSR count). The number of carbonyl (C=O) groups excluding carboxylic acids is 1. The monoisotopic (exact) mass is 319 g/mol. The zero-order chi connectivity index (χ0) is 16.8. The molecule has 1 N–H and O–H groups in total. The van der Waals surface area contributed by atoms with Gasteiger partial charge in [-0.25, -0.2) is 0 Å². The Kier molecular flexibility index (Phi) is 11.9. The predicted octanol–water partition coefficient (Wildman–Crippen LogP) is 5.12. The van der Waals surface area contributed by atoms with E-state index in [2.05, 4.69) is 0 Å². The van der Waals surface area contributed by atoms with E-state index in [1.54, 1.807) is 0 Å². The van der Waals surface area contributed by atoms with Gasteiger partial charge in [-0.05, 0) is 38.5 Å². The van der Waals surface area contributed by atoms with Crippen LogP contribution in [0.4, 0.5) is 0 Å². The van der Waals surface area contributed by atoms with E-state index >= 15 is 0 Å². The molecule has 129 valence electrons. The van der Waals surface area contributed by atoms with E-state index in [4.69, 9.17) is 5.11 Å². The first-order chi connectivity index (χ1) is 11.2. The van der Waals surface area contributed by atoms with Gasteiger partial charge in [0, 0.05) is 18.8 Å². The topological polar surface area (TPSA) is 54.4 Å². The fourth-order valence-electron chi connectivity index (χ4n) is 2.86. The van der Waals surface area contributed by atoms with Gasteiger partial charge >= 0.3 is 5.97 Å². The summed E-state index contributed by atoms with van der Waals surface area (Å²) in [6.07, 6.45) is 21.4. The van der Waals surface area contributed by atoms with Crippen LogP contribution in [0.2, 0.25) is 0 Å². The average Bonchev–Trinajstić information content (AvgIpc) is 3.05. The number of hydrogen-bond acceptors (Lipinski definition) is 2. The summed E-state index contributed by atoms with van der Waals surface area (Å²) in [4.78, 5) is 22.2. The van der Waals surface area contributed by atoms with Crippen LogP contribution in [0.3, 0.4) is 0 Å². The van der Waals surface area contributed by atoms with Crippen molar-refractivity contribution in [2.75, 3.05) is 0 Å². The van der Waals surface area contributed by atoms with Crippen LogP contribution in [0.25, 0.3) is 0 Å². The van der Waals surface area contributed by atoms with E-state index in [1.165, 1.54) is 38.5 Å². The highest BCUT2D eigenvalue weighted by Gasteiger charge is 2.23. The first-order valence-corrected chi connectivity index (χ1v) is 9.17. The van der Waals surface area contributed by atoms with Crippen LogP contribution in [0.1, 0.15) is 83.5 Å². The number of carboxylic acid groups (broad SMARTS) is 1. The standard InChI is InChI=1S/C20H31O3/c21-19(18-14-12-13-15-18)16-10-8-6-4-2-1-3-5-7-9-11-17-20(22)23/h12-15H,1-11,16-17H2,(H,22,23). The van der Waals surface area contributed by atoms with E-state index in [0.29, 0.717) is 12.8 Å². The minimum atomic E-state index is -0.679. The number of unbranched alkanes of at least 4 members (excludes halogenated alkanes) is 10. The maximum Gasteiger partial charge on any atom is 0.303 e. The van der Waals surface area contributed by atoms with Crippen LogP contribution < -0.4 is 0 Å². The third kappa shape index (κ3) is 11.3. The summed E-state index contributed by atoms with van der Waals surface area (Å²) in [6, 6.07) is 0. The summed E-state index contributed by atoms with van der Waals surface area (Å²) < 4.78 is 0. The van der Waals surface area contributed by atoms with Crippen molar-refractivity contribution in [3.05, 3.63) is 31.6 Å². The van der Waals surface area contributed by atoms with Crippen LogP contribution in [0.5, 0.6) is 0 Å². The van der Waals surface area contributed by atoms with Gasteiger partial charge in [-0.2, -0.15) is 0 Å². The second kappa shape index (κ2) is 13.6. The number of aliphatic carboxylic acids is 1. The second-order valence-corrected chi connectivity index (χ2v) is 6.38. The third-order valence-corrected chi connectivity index (χ3v) is 4.28. The molecule has 3 nitrogen and oxygen atoms in total. The Morgan fingerprint density at radius 1 is 0.652 bits per heavy atom. The third-order valence-electron chi connectivity index (χ3n) is 4.28. The average molecular weight is 319 g/mol. The fraction of sp³-hybridized carbons (Fsp3) is 0.650.